The summed E-state index contributed by atoms with van der Waals surface area (Å²) in [5, 5.41) is 10.2. The Morgan fingerprint density at radius 1 is 0.917 bits per heavy atom. The number of phenols is 1. The van der Waals surface area contributed by atoms with Gasteiger partial charge < -0.3 is 5.11 Å². The first-order chi connectivity index (χ1) is 11.4. The zero-order chi connectivity index (χ0) is 17.7. The van der Waals surface area contributed by atoms with E-state index in [-0.39, 0.29) is 0 Å². The molecule has 0 saturated heterocycles. The first kappa shape index (κ1) is 18.5. The monoisotopic (exact) mass is 325 g/mol. The molecule has 0 aliphatic rings. The van der Waals surface area contributed by atoms with Crippen LogP contribution in [0.2, 0.25) is 0 Å². The van der Waals surface area contributed by atoms with Gasteiger partial charge in [-0.05, 0) is 64.7 Å². The van der Waals surface area contributed by atoms with E-state index in [1.54, 1.807) is 0 Å². The molecule has 0 bridgehead atoms. The predicted molar refractivity (Wildman–Crippen MR) is 102 cm³/mol. The summed E-state index contributed by atoms with van der Waals surface area (Å²) >= 11 is 0. The van der Waals surface area contributed by atoms with Crippen molar-refractivity contribution in [2.24, 2.45) is 0 Å². The van der Waals surface area contributed by atoms with Gasteiger partial charge in [-0.2, -0.15) is 0 Å². The molecule has 0 fully saturated rings. The van der Waals surface area contributed by atoms with Crippen molar-refractivity contribution in [2.45, 2.75) is 65.6 Å². The smallest absolute Gasteiger partial charge is 0.118 e. The van der Waals surface area contributed by atoms with E-state index in [1.807, 2.05) is 12.1 Å². The van der Waals surface area contributed by atoms with Gasteiger partial charge in [0.05, 0.1) is 0 Å². The molecule has 1 N–H and O–H groups in total. The van der Waals surface area contributed by atoms with Gasteiger partial charge in [0.25, 0.3) is 0 Å². The van der Waals surface area contributed by atoms with Crippen molar-refractivity contribution in [3.8, 4) is 5.75 Å². The third-order valence-electron chi connectivity index (χ3n) is 4.66. The lowest BCUT2D eigenvalue weighted by Crippen LogP contribution is -2.40. The van der Waals surface area contributed by atoms with Gasteiger partial charge >= 0.3 is 0 Å². The van der Waals surface area contributed by atoms with E-state index in [4.69, 9.17) is 0 Å². The third kappa shape index (κ3) is 4.61. The van der Waals surface area contributed by atoms with Gasteiger partial charge in [-0.25, -0.2) is 0 Å². The van der Waals surface area contributed by atoms with Crippen LogP contribution < -0.4 is 0 Å². The predicted octanol–water partition coefficient (Wildman–Crippen LogP) is 5.49. The molecular weight excluding hydrogens is 294 g/mol. The summed E-state index contributed by atoms with van der Waals surface area (Å²) in [7, 11) is 0. The number of rotatable bonds is 7. The maximum atomic E-state index is 10.2. The van der Waals surface area contributed by atoms with Gasteiger partial charge in [0.1, 0.15) is 5.75 Å². The second-order valence-corrected chi connectivity index (χ2v) is 7.23. The number of aryl methyl sites for hydroxylation is 2. The lowest BCUT2D eigenvalue weighted by molar-refractivity contribution is 0.106. The van der Waals surface area contributed by atoms with Crippen molar-refractivity contribution < 1.29 is 5.11 Å². The van der Waals surface area contributed by atoms with Gasteiger partial charge in [0.2, 0.25) is 0 Å². The van der Waals surface area contributed by atoms with E-state index in [2.05, 4.69) is 75.9 Å². The second kappa shape index (κ2) is 8.34. The highest BCUT2D eigenvalue weighted by molar-refractivity contribution is 5.36. The number of nitrogens with zero attached hydrogens (tertiary/aromatic N) is 1. The van der Waals surface area contributed by atoms with Gasteiger partial charge in [0.15, 0.2) is 0 Å². The Hall–Kier alpha value is -1.80. The fourth-order valence-electron chi connectivity index (χ4n) is 3.69. The second-order valence-electron chi connectivity index (χ2n) is 7.23. The molecule has 0 aromatic heterocycles. The summed E-state index contributed by atoms with van der Waals surface area (Å²) in [5.41, 5.74) is 3.60. The maximum Gasteiger partial charge on any atom is 0.118 e. The van der Waals surface area contributed by atoms with Gasteiger partial charge in [-0.15, -0.1) is 0 Å². The lowest BCUT2D eigenvalue weighted by Gasteiger charge is -2.38. The molecule has 0 spiro atoms. The van der Waals surface area contributed by atoms with Crippen LogP contribution in [-0.2, 0) is 6.42 Å². The Morgan fingerprint density at radius 3 is 2.12 bits per heavy atom. The summed E-state index contributed by atoms with van der Waals surface area (Å²) in [4.78, 5) is 2.57. The highest BCUT2D eigenvalue weighted by Gasteiger charge is 2.25. The first-order valence-electron chi connectivity index (χ1n) is 9.01. The van der Waals surface area contributed by atoms with Crippen molar-refractivity contribution in [1.82, 2.24) is 4.90 Å². The minimum Gasteiger partial charge on any atom is -0.508 e. The molecule has 0 aliphatic carbocycles. The Kier molecular flexibility index (Phi) is 6.44. The first-order valence-corrected chi connectivity index (χ1v) is 9.01. The van der Waals surface area contributed by atoms with Crippen molar-refractivity contribution >= 4 is 0 Å². The van der Waals surface area contributed by atoms with Gasteiger partial charge in [0, 0.05) is 18.1 Å². The Labute approximate surface area is 147 Å². The lowest BCUT2D eigenvalue weighted by atomic mass is 9.94. The molecule has 2 nitrogen and oxygen atoms in total. The summed E-state index contributed by atoms with van der Waals surface area (Å²) in [6, 6.07) is 17.9. The topological polar surface area (TPSA) is 23.5 Å². The van der Waals surface area contributed by atoms with E-state index < -0.39 is 0 Å². The number of hydrogen-bond acceptors (Lipinski definition) is 2. The molecule has 1 atom stereocenters. The van der Waals surface area contributed by atoms with E-state index in [9.17, 15) is 5.11 Å². The van der Waals surface area contributed by atoms with E-state index in [1.165, 1.54) is 11.1 Å². The van der Waals surface area contributed by atoms with Crippen LogP contribution in [0.25, 0.3) is 0 Å². The largest absolute Gasteiger partial charge is 0.508 e. The van der Waals surface area contributed by atoms with Crippen molar-refractivity contribution in [3.05, 3.63) is 65.2 Å². The van der Waals surface area contributed by atoms with Crippen LogP contribution in [0.4, 0.5) is 0 Å². The van der Waals surface area contributed by atoms with E-state index in [0.29, 0.717) is 23.9 Å². The maximum absolute atomic E-state index is 10.2. The van der Waals surface area contributed by atoms with E-state index in [0.717, 1.165) is 18.4 Å². The molecule has 0 amide bonds. The summed E-state index contributed by atoms with van der Waals surface area (Å²) in [5.74, 6) is 0.410. The third-order valence-corrected chi connectivity index (χ3v) is 4.66. The minimum absolute atomic E-state index is 0.353. The minimum atomic E-state index is 0.353. The molecule has 0 heterocycles. The highest BCUT2D eigenvalue weighted by Crippen LogP contribution is 2.31. The van der Waals surface area contributed by atoms with Gasteiger partial charge in [-0.1, -0.05) is 48.0 Å². The average molecular weight is 325 g/mol. The summed E-state index contributed by atoms with van der Waals surface area (Å²) in [6.07, 6.45) is 1.88. The molecule has 0 radical (unpaired) electrons. The number of hydrogen-bond donors (Lipinski definition) is 1. The SMILES string of the molecule is Cc1ccc(O)c(CC[C@@H](c2ccccc2)N(C(C)C)C(C)C)c1. The average Bonchev–Trinajstić information content (AvgIpc) is 2.54. The van der Waals surface area contributed by atoms with Gasteiger partial charge in [-0.3, -0.25) is 4.90 Å². The Morgan fingerprint density at radius 2 is 1.54 bits per heavy atom. The molecule has 130 valence electrons. The van der Waals surface area contributed by atoms with Crippen LogP contribution in [0, 0.1) is 6.92 Å². The molecule has 0 saturated carbocycles. The molecule has 2 rings (SSSR count). The van der Waals surface area contributed by atoms with Crippen molar-refractivity contribution in [2.75, 3.05) is 0 Å². The highest BCUT2D eigenvalue weighted by atomic mass is 16.3. The molecule has 0 unspecified atom stereocenters. The fraction of sp³-hybridized carbons (Fsp3) is 0.455. The van der Waals surface area contributed by atoms with Crippen molar-refractivity contribution in [3.63, 3.8) is 0 Å². The Balaban J connectivity index is 2.27. The molecule has 24 heavy (non-hydrogen) atoms. The van der Waals surface area contributed by atoms with E-state index >= 15 is 0 Å². The van der Waals surface area contributed by atoms with Crippen LogP contribution in [0.1, 0.15) is 56.8 Å². The molecule has 0 aliphatic heterocycles. The van der Waals surface area contributed by atoms with Crippen molar-refractivity contribution in [1.29, 1.82) is 0 Å². The zero-order valence-electron chi connectivity index (χ0n) is 15.7. The van der Waals surface area contributed by atoms with Crippen LogP contribution >= 0.6 is 0 Å². The van der Waals surface area contributed by atoms with Crippen LogP contribution in [-0.4, -0.2) is 22.1 Å². The molecule has 2 heteroatoms. The number of phenolic OH excluding ortho intramolecular Hbond substituents is 1. The Bertz CT molecular complexity index is 626. The quantitative estimate of drug-likeness (QED) is 0.727. The zero-order valence-corrected chi connectivity index (χ0v) is 15.7. The molecule has 2 aromatic carbocycles. The van der Waals surface area contributed by atoms with Crippen LogP contribution in [0.15, 0.2) is 48.5 Å². The van der Waals surface area contributed by atoms with Crippen LogP contribution in [0.5, 0.6) is 5.75 Å². The fourth-order valence-corrected chi connectivity index (χ4v) is 3.69. The normalized spacial score (nSPS) is 13.0. The number of benzene rings is 2. The standard InChI is InChI=1S/C22H31NO/c1-16(2)23(17(3)4)21(19-9-7-6-8-10-19)13-12-20-15-18(5)11-14-22(20)24/h6-11,14-17,21,24H,12-13H2,1-5H3/t21-/m0/s1. The summed E-state index contributed by atoms with van der Waals surface area (Å²) in [6.45, 7) is 11.1. The van der Waals surface area contributed by atoms with Crippen LogP contribution in [0.3, 0.4) is 0 Å². The summed E-state index contributed by atoms with van der Waals surface area (Å²) < 4.78 is 0. The molecule has 2 aromatic rings. The number of aromatic hydroxyl groups is 1. The molecular formula is C22H31NO.